The van der Waals surface area contributed by atoms with Gasteiger partial charge in [0.15, 0.2) is 0 Å². The lowest BCUT2D eigenvalue weighted by molar-refractivity contribution is -0.141. The first kappa shape index (κ1) is 13.5. The fraction of sp³-hybridized carbons (Fsp3) is 0.917. The molecule has 1 rings (SSSR count). The first-order valence-electron chi connectivity index (χ1n) is 6.29. The minimum atomic E-state index is -0.694. The van der Waals surface area contributed by atoms with Crippen LogP contribution in [0.4, 0.5) is 0 Å². The molecule has 0 saturated carbocycles. The highest BCUT2D eigenvalue weighted by atomic mass is 16.4. The summed E-state index contributed by atoms with van der Waals surface area (Å²) in [4.78, 5) is 13.1. The Bertz CT molecular complexity index is 215. The number of nitrogens with zero attached hydrogens (tertiary/aromatic N) is 1. The van der Waals surface area contributed by atoms with Crippen molar-refractivity contribution in [2.45, 2.75) is 26.7 Å². The molecule has 1 aliphatic rings. The molecule has 1 aliphatic heterocycles. The minimum Gasteiger partial charge on any atom is -0.481 e. The molecular weight excluding hydrogens is 204 g/mol. The molecule has 4 heteroatoms. The number of carboxylic acids is 1. The summed E-state index contributed by atoms with van der Waals surface area (Å²) in [5.74, 6) is -0.272. The molecule has 2 unspecified atom stereocenters. The maximum absolute atomic E-state index is 10.8. The number of hydrogen-bond donors (Lipinski definition) is 2. The SMILES string of the molecule is CCN(CC1CCCNC1)CC(C)C(=O)O. The fourth-order valence-corrected chi connectivity index (χ4v) is 2.24. The van der Waals surface area contributed by atoms with E-state index in [9.17, 15) is 4.79 Å². The molecule has 0 radical (unpaired) electrons. The van der Waals surface area contributed by atoms with E-state index in [-0.39, 0.29) is 5.92 Å². The van der Waals surface area contributed by atoms with Gasteiger partial charge in [0.05, 0.1) is 5.92 Å². The molecule has 0 aromatic rings. The molecule has 16 heavy (non-hydrogen) atoms. The standard InChI is InChI=1S/C12H24N2O2/c1-3-14(8-10(2)12(15)16)9-11-5-4-6-13-7-11/h10-11,13H,3-9H2,1-2H3,(H,15,16). The third-order valence-corrected chi connectivity index (χ3v) is 3.32. The van der Waals surface area contributed by atoms with Crippen LogP contribution in [0.3, 0.4) is 0 Å². The second-order valence-corrected chi connectivity index (χ2v) is 4.80. The Morgan fingerprint density at radius 2 is 2.38 bits per heavy atom. The Hall–Kier alpha value is -0.610. The van der Waals surface area contributed by atoms with E-state index in [2.05, 4.69) is 17.1 Å². The lowest BCUT2D eigenvalue weighted by Crippen LogP contribution is -2.40. The summed E-state index contributed by atoms with van der Waals surface area (Å²) in [7, 11) is 0. The van der Waals surface area contributed by atoms with Crippen LogP contribution < -0.4 is 5.32 Å². The van der Waals surface area contributed by atoms with E-state index in [1.165, 1.54) is 12.8 Å². The zero-order chi connectivity index (χ0) is 12.0. The predicted octanol–water partition coefficient (Wildman–Crippen LogP) is 1.03. The monoisotopic (exact) mass is 228 g/mol. The van der Waals surface area contributed by atoms with Crippen molar-refractivity contribution in [3.8, 4) is 0 Å². The van der Waals surface area contributed by atoms with Crippen molar-refractivity contribution >= 4 is 5.97 Å². The first-order chi connectivity index (χ1) is 7.63. The average molecular weight is 228 g/mol. The maximum Gasteiger partial charge on any atom is 0.307 e. The summed E-state index contributed by atoms with van der Waals surface area (Å²) in [6.07, 6.45) is 2.52. The number of piperidine rings is 1. The van der Waals surface area contributed by atoms with Crippen molar-refractivity contribution in [2.24, 2.45) is 11.8 Å². The van der Waals surface area contributed by atoms with Gasteiger partial charge in [0.25, 0.3) is 0 Å². The molecule has 1 heterocycles. The third-order valence-electron chi connectivity index (χ3n) is 3.32. The summed E-state index contributed by atoms with van der Waals surface area (Å²) in [6, 6.07) is 0. The number of carbonyl (C=O) groups is 1. The first-order valence-corrected chi connectivity index (χ1v) is 6.29. The van der Waals surface area contributed by atoms with E-state index in [1.807, 2.05) is 0 Å². The number of carboxylic acid groups (broad SMARTS) is 1. The second-order valence-electron chi connectivity index (χ2n) is 4.80. The van der Waals surface area contributed by atoms with E-state index in [0.29, 0.717) is 12.5 Å². The summed E-state index contributed by atoms with van der Waals surface area (Å²) in [5.41, 5.74) is 0. The lowest BCUT2D eigenvalue weighted by Gasteiger charge is -2.30. The van der Waals surface area contributed by atoms with Crippen molar-refractivity contribution in [1.29, 1.82) is 0 Å². The number of nitrogens with one attached hydrogen (secondary N) is 1. The van der Waals surface area contributed by atoms with E-state index in [0.717, 1.165) is 26.2 Å². The quantitative estimate of drug-likeness (QED) is 0.713. The van der Waals surface area contributed by atoms with Gasteiger partial charge in [-0.2, -0.15) is 0 Å². The lowest BCUT2D eigenvalue weighted by atomic mass is 9.98. The predicted molar refractivity (Wildman–Crippen MR) is 64.5 cm³/mol. The van der Waals surface area contributed by atoms with Crippen LogP contribution in [-0.4, -0.2) is 48.7 Å². The number of aliphatic carboxylic acids is 1. The van der Waals surface area contributed by atoms with E-state index < -0.39 is 5.97 Å². The van der Waals surface area contributed by atoms with Gasteiger partial charge in [0.1, 0.15) is 0 Å². The average Bonchev–Trinajstić information content (AvgIpc) is 2.29. The Balaban J connectivity index is 2.32. The van der Waals surface area contributed by atoms with Gasteiger partial charge in [-0.1, -0.05) is 13.8 Å². The Morgan fingerprint density at radius 3 is 2.88 bits per heavy atom. The molecule has 94 valence electrons. The number of hydrogen-bond acceptors (Lipinski definition) is 3. The Labute approximate surface area is 98.0 Å². The van der Waals surface area contributed by atoms with Crippen molar-refractivity contribution in [2.75, 3.05) is 32.7 Å². The fourth-order valence-electron chi connectivity index (χ4n) is 2.24. The van der Waals surface area contributed by atoms with Crippen LogP contribution >= 0.6 is 0 Å². The highest BCUT2D eigenvalue weighted by Gasteiger charge is 2.19. The van der Waals surface area contributed by atoms with Gasteiger partial charge in [-0.25, -0.2) is 0 Å². The Kier molecular flexibility index (Phi) is 5.77. The van der Waals surface area contributed by atoms with Gasteiger partial charge in [-0.3, -0.25) is 4.79 Å². The molecule has 2 N–H and O–H groups in total. The summed E-state index contributed by atoms with van der Waals surface area (Å²) in [6.45, 7) is 8.73. The third kappa shape index (κ3) is 4.49. The Morgan fingerprint density at radius 1 is 1.62 bits per heavy atom. The van der Waals surface area contributed by atoms with Crippen molar-refractivity contribution in [1.82, 2.24) is 10.2 Å². The van der Waals surface area contributed by atoms with E-state index in [4.69, 9.17) is 5.11 Å². The largest absolute Gasteiger partial charge is 0.481 e. The molecule has 1 saturated heterocycles. The van der Waals surface area contributed by atoms with Crippen molar-refractivity contribution < 1.29 is 9.90 Å². The molecule has 0 spiro atoms. The van der Waals surface area contributed by atoms with Gasteiger partial charge < -0.3 is 15.3 Å². The van der Waals surface area contributed by atoms with E-state index in [1.54, 1.807) is 6.92 Å². The minimum absolute atomic E-state index is 0.267. The second kappa shape index (κ2) is 6.86. The molecule has 0 aromatic heterocycles. The molecule has 0 bridgehead atoms. The molecule has 0 amide bonds. The van der Waals surface area contributed by atoms with Crippen molar-refractivity contribution in [3.63, 3.8) is 0 Å². The molecule has 2 atom stereocenters. The van der Waals surface area contributed by atoms with Gasteiger partial charge in [-0.15, -0.1) is 0 Å². The molecular formula is C12H24N2O2. The molecule has 1 fully saturated rings. The van der Waals surface area contributed by atoms with Gasteiger partial charge in [0, 0.05) is 13.1 Å². The zero-order valence-electron chi connectivity index (χ0n) is 10.4. The highest BCUT2D eigenvalue weighted by molar-refractivity contribution is 5.69. The normalized spacial score (nSPS) is 23.3. The van der Waals surface area contributed by atoms with Crippen LogP contribution in [0.25, 0.3) is 0 Å². The van der Waals surface area contributed by atoms with Crippen LogP contribution in [0.5, 0.6) is 0 Å². The zero-order valence-corrected chi connectivity index (χ0v) is 10.4. The van der Waals surface area contributed by atoms with Crippen LogP contribution in [0, 0.1) is 11.8 Å². The van der Waals surface area contributed by atoms with Crippen LogP contribution in [0.2, 0.25) is 0 Å². The highest BCUT2D eigenvalue weighted by Crippen LogP contribution is 2.12. The van der Waals surface area contributed by atoms with Crippen LogP contribution in [0.1, 0.15) is 26.7 Å². The number of rotatable bonds is 6. The maximum atomic E-state index is 10.8. The van der Waals surface area contributed by atoms with Crippen molar-refractivity contribution in [3.05, 3.63) is 0 Å². The summed E-state index contributed by atoms with van der Waals surface area (Å²) < 4.78 is 0. The molecule has 0 aromatic carbocycles. The summed E-state index contributed by atoms with van der Waals surface area (Å²) in [5, 5.41) is 12.3. The van der Waals surface area contributed by atoms with Crippen LogP contribution in [-0.2, 0) is 4.79 Å². The molecule has 0 aliphatic carbocycles. The van der Waals surface area contributed by atoms with Gasteiger partial charge in [-0.05, 0) is 38.4 Å². The smallest absolute Gasteiger partial charge is 0.307 e. The topological polar surface area (TPSA) is 52.6 Å². The van der Waals surface area contributed by atoms with Gasteiger partial charge >= 0.3 is 5.97 Å². The van der Waals surface area contributed by atoms with Gasteiger partial charge in [0.2, 0.25) is 0 Å². The summed E-state index contributed by atoms with van der Waals surface area (Å²) >= 11 is 0. The molecule has 4 nitrogen and oxygen atoms in total. The van der Waals surface area contributed by atoms with E-state index >= 15 is 0 Å². The van der Waals surface area contributed by atoms with Crippen LogP contribution in [0.15, 0.2) is 0 Å².